The van der Waals surface area contributed by atoms with Crippen LogP contribution in [0, 0.1) is 5.92 Å². The minimum atomic E-state index is 0. The highest BCUT2D eigenvalue weighted by molar-refractivity contribution is 14.0. The number of imidazole rings is 1. The summed E-state index contributed by atoms with van der Waals surface area (Å²) in [6.07, 6.45) is 11.7. The molecule has 3 aromatic rings. The SMILES string of the molecule is CCNC(=NCCc1ccc(-n2cccn2)cc1)N1CCC(C)C(n2ccnc2)C1.I. The van der Waals surface area contributed by atoms with E-state index in [2.05, 4.69) is 69.2 Å². The first-order chi connectivity index (χ1) is 14.7. The first kappa shape index (κ1) is 23.3. The van der Waals surface area contributed by atoms with Gasteiger partial charge >= 0.3 is 0 Å². The Kier molecular flexibility index (Phi) is 8.51. The van der Waals surface area contributed by atoms with Gasteiger partial charge in [-0.1, -0.05) is 19.1 Å². The van der Waals surface area contributed by atoms with Crippen LogP contribution in [0.3, 0.4) is 0 Å². The average molecular weight is 533 g/mol. The first-order valence-corrected chi connectivity index (χ1v) is 10.8. The Bertz CT molecular complexity index is 920. The van der Waals surface area contributed by atoms with Crippen LogP contribution in [0.5, 0.6) is 0 Å². The minimum absolute atomic E-state index is 0. The second-order valence-electron chi connectivity index (χ2n) is 7.89. The summed E-state index contributed by atoms with van der Waals surface area (Å²) in [6, 6.07) is 10.9. The minimum Gasteiger partial charge on any atom is -0.357 e. The van der Waals surface area contributed by atoms with Gasteiger partial charge in [0.1, 0.15) is 0 Å². The number of hydrogen-bond donors (Lipinski definition) is 1. The Labute approximate surface area is 201 Å². The van der Waals surface area contributed by atoms with Gasteiger partial charge in [0.05, 0.1) is 18.1 Å². The summed E-state index contributed by atoms with van der Waals surface area (Å²) in [5.74, 6) is 1.65. The van der Waals surface area contributed by atoms with Crippen LogP contribution in [0.1, 0.15) is 31.9 Å². The molecule has 0 bridgehead atoms. The molecule has 0 aliphatic carbocycles. The number of aromatic nitrogens is 4. The lowest BCUT2D eigenvalue weighted by Crippen LogP contribution is -2.49. The third-order valence-corrected chi connectivity index (χ3v) is 5.83. The predicted octanol–water partition coefficient (Wildman–Crippen LogP) is 3.78. The Hall–Kier alpha value is -2.36. The second-order valence-corrected chi connectivity index (χ2v) is 7.89. The van der Waals surface area contributed by atoms with Crippen LogP contribution in [0.25, 0.3) is 5.69 Å². The van der Waals surface area contributed by atoms with Crippen molar-refractivity contribution in [1.29, 1.82) is 0 Å². The summed E-state index contributed by atoms with van der Waals surface area (Å²) in [4.78, 5) is 11.6. The fraction of sp³-hybridized carbons (Fsp3) is 0.435. The second kappa shape index (κ2) is 11.3. The van der Waals surface area contributed by atoms with Crippen LogP contribution in [-0.2, 0) is 6.42 Å². The van der Waals surface area contributed by atoms with E-state index < -0.39 is 0 Å². The standard InChI is InChI=1S/C23H31N7.HI/c1-3-25-23(28-15-10-19(2)22(17-28)29-16-13-24-18-29)26-12-9-20-5-7-21(8-6-20)30-14-4-11-27-30;/h4-8,11,13-14,16,18-19,22H,3,9-10,12,15,17H2,1-2H3,(H,25,26);1H. The zero-order chi connectivity index (χ0) is 20.8. The Morgan fingerprint density at radius 3 is 2.71 bits per heavy atom. The summed E-state index contributed by atoms with van der Waals surface area (Å²) in [5, 5.41) is 7.77. The van der Waals surface area contributed by atoms with Gasteiger partial charge in [-0.2, -0.15) is 5.10 Å². The van der Waals surface area contributed by atoms with Gasteiger partial charge in [0.25, 0.3) is 0 Å². The summed E-state index contributed by atoms with van der Waals surface area (Å²) in [5.41, 5.74) is 2.36. The summed E-state index contributed by atoms with van der Waals surface area (Å²) >= 11 is 0. The number of benzene rings is 1. The van der Waals surface area contributed by atoms with Gasteiger partial charge in [-0.3, -0.25) is 4.99 Å². The fourth-order valence-corrected chi connectivity index (χ4v) is 4.05. The number of piperidine rings is 1. The van der Waals surface area contributed by atoms with Crippen molar-refractivity contribution in [3.8, 4) is 5.69 Å². The molecule has 1 aliphatic rings. The molecule has 1 aromatic carbocycles. The normalized spacial score (nSPS) is 19.2. The van der Waals surface area contributed by atoms with E-state index in [1.54, 1.807) is 6.20 Å². The van der Waals surface area contributed by atoms with Crippen molar-refractivity contribution in [3.63, 3.8) is 0 Å². The molecule has 2 unspecified atom stereocenters. The molecule has 2 atom stereocenters. The number of nitrogens with one attached hydrogen (secondary N) is 1. The smallest absolute Gasteiger partial charge is 0.193 e. The highest BCUT2D eigenvalue weighted by atomic mass is 127. The highest BCUT2D eigenvalue weighted by Gasteiger charge is 2.28. The average Bonchev–Trinajstić information content (AvgIpc) is 3.49. The Morgan fingerprint density at radius 1 is 1.19 bits per heavy atom. The first-order valence-electron chi connectivity index (χ1n) is 10.8. The largest absolute Gasteiger partial charge is 0.357 e. The topological polar surface area (TPSA) is 63.3 Å². The van der Waals surface area contributed by atoms with E-state index >= 15 is 0 Å². The van der Waals surface area contributed by atoms with Crippen molar-refractivity contribution in [2.75, 3.05) is 26.2 Å². The van der Waals surface area contributed by atoms with E-state index in [1.165, 1.54) is 5.56 Å². The molecule has 0 amide bonds. The molecule has 7 nitrogen and oxygen atoms in total. The molecule has 0 spiro atoms. The zero-order valence-electron chi connectivity index (χ0n) is 18.3. The predicted molar refractivity (Wildman–Crippen MR) is 135 cm³/mol. The van der Waals surface area contributed by atoms with Crippen molar-refractivity contribution in [2.24, 2.45) is 10.9 Å². The van der Waals surface area contributed by atoms with Gasteiger partial charge in [0.2, 0.25) is 0 Å². The van der Waals surface area contributed by atoms with Crippen LogP contribution in [-0.4, -0.2) is 56.4 Å². The van der Waals surface area contributed by atoms with Crippen molar-refractivity contribution < 1.29 is 0 Å². The molecular weight excluding hydrogens is 501 g/mol. The van der Waals surface area contributed by atoms with Gasteiger partial charge in [0, 0.05) is 51.0 Å². The lowest BCUT2D eigenvalue weighted by Gasteiger charge is -2.39. The third-order valence-electron chi connectivity index (χ3n) is 5.83. The van der Waals surface area contributed by atoms with Crippen LogP contribution in [0.4, 0.5) is 0 Å². The highest BCUT2D eigenvalue weighted by Crippen LogP contribution is 2.27. The molecule has 2 aromatic heterocycles. The number of likely N-dealkylation sites (tertiary alicyclic amines) is 1. The Morgan fingerprint density at radius 2 is 2.03 bits per heavy atom. The number of aliphatic imine (C=N–C) groups is 1. The van der Waals surface area contributed by atoms with Gasteiger partial charge in [0.15, 0.2) is 5.96 Å². The van der Waals surface area contributed by atoms with E-state index in [0.29, 0.717) is 12.0 Å². The van der Waals surface area contributed by atoms with Gasteiger partial charge in [-0.15, -0.1) is 24.0 Å². The van der Waals surface area contributed by atoms with E-state index in [4.69, 9.17) is 4.99 Å². The van der Waals surface area contributed by atoms with E-state index in [0.717, 1.165) is 50.7 Å². The molecule has 1 fully saturated rings. The molecule has 31 heavy (non-hydrogen) atoms. The quantitative estimate of drug-likeness (QED) is 0.298. The molecule has 1 aliphatic heterocycles. The van der Waals surface area contributed by atoms with Crippen LogP contribution in [0.15, 0.2) is 66.4 Å². The number of rotatable bonds is 6. The molecule has 0 saturated carbocycles. The Balaban J connectivity index is 0.00000272. The number of hydrogen-bond acceptors (Lipinski definition) is 3. The molecule has 8 heteroatoms. The van der Waals surface area contributed by atoms with E-state index in [-0.39, 0.29) is 24.0 Å². The summed E-state index contributed by atoms with van der Waals surface area (Å²) in [7, 11) is 0. The molecular formula is C23H32IN7. The van der Waals surface area contributed by atoms with Gasteiger partial charge in [-0.05, 0) is 49.4 Å². The lowest BCUT2D eigenvalue weighted by atomic mass is 9.93. The monoisotopic (exact) mass is 533 g/mol. The maximum Gasteiger partial charge on any atom is 0.193 e. The molecule has 1 saturated heterocycles. The van der Waals surface area contributed by atoms with E-state index in [1.807, 2.05) is 29.5 Å². The van der Waals surface area contributed by atoms with Gasteiger partial charge < -0.3 is 14.8 Å². The van der Waals surface area contributed by atoms with Crippen molar-refractivity contribution >= 4 is 29.9 Å². The maximum absolute atomic E-state index is 4.93. The van der Waals surface area contributed by atoms with Crippen molar-refractivity contribution in [1.82, 2.24) is 29.5 Å². The molecule has 4 rings (SSSR count). The van der Waals surface area contributed by atoms with Crippen LogP contribution >= 0.6 is 24.0 Å². The number of guanidine groups is 1. The molecule has 166 valence electrons. The zero-order valence-corrected chi connectivity index (χ0v) is 20.6. The van der Waals surface area contributed by atoms with Crippen LogP contribution < -0.4 is 5.32 Å². The van der Waals surface area contributed by atoms with Crippen molar-refractivity contribution in [3.05, 3.63) is 67.0 Å². The summed E-state index contributed by atoms with van der Waals surface area (Å²) in [6.45, 7) is 8.10. The van der Waals surface area contributed by atoms with Gasteiger partial charge in [-0.25, -0.2) is 9.67 Å². The van der Waals surface area contributed by atoms with Crippen molar-refractivity contribution in [2.45, 2.75) is 32.7 Å². The molecule has 3 heterocycles. The summed E-state index contributed by atoms with van der Waals surface area (Å²) < 4.78 is 4.11. The third kappa shape index (κ3) is 5.87. The number of halogens is 1. The maximum atomic E-state index is 4.93. The molecule has 0 radical (unpaired) electrons. The fourth-order valence-electron chi connectivity index (χ4n) is 4.05. The number of nitrogens with zero attached hydrogens (tertiary/aromatic N) is 6. The van der Waals surface area contributed by atoms with E-state index in [9.17, 15) is 0 Å². The molecule has 1 N–H and O–H groups in total. The lowest BCUT2D eigenvalue weighted by molar-refractivity contribution is 0.189. The van der Waals surface area contributed by atoms with Crippen LogP contribution in [0.2, 0.25) is 0 Å².